The Labute approximate surface area is 259 Å². The van der Waals surface area contributed by atoms with E-state index in [1.54, 1.807) is 40.1 Å². The molecule has 1 N–H and O–H groups in total. The van der Waals surface area contributed by atoms with Crippen molar-refractivity contribution in [3.8, 4) is 22.7 Å². The first-order valence-corrected chi connectivity index (χ1v) is 14.6. The number of hydrogen-bond acceptors (Lipinski definition) is 7. The molecule has 7 rings (SSSR count). The van der Waals surface area contributed by atoms with E-state index in [1.807, 2.05) is 18.2 Å². The maximum Gasteiger partial charge on any atom is 0.418 e. The van der Waals surface area contributed by atoms with Gasteiger partial charge in [-0.05, 0) is 48.0 Å². The van der Waals surface area contributed by atoms with Gasteiger partial charge in [-0.15, -0.1) is 5.10 Å². The van der Waals surface area contributed by atoms with Crippen LogP contribution in [0.25, 0.3) is 38.8 Å². The lowest BCUT2D eigenvalue weighted by atomic mass is 10.0. The second-order valence-electron chi connectivity index (χ2n) is 11.0. The van der Waals surface area contributed by atoms with Crippen LogP contribution in [-0.4, -0.2) is 62.4 Å². The summed E-state index contributed by atoms with van der Waals surface area (Å²) in [5.41, 5.74) is 1.25. The fourth-order valence-corrected chi connectivity index (χ4v) is 5.95. The van der Waals surface area contributed by atoms with Crippen molar-refractivity contribution in [1.29, 1.82) is 0 Å². The van der Waals surface area contributed by atoms with E-state index in [9.17, 15) is 22.4 Å². The van der Waals surface area contributed by atoms with Gasteiger partial charge >= 0.3 is 6.18 Å². The maximum atomic E-state index is 14.4. The zero-order valence-corrected chi connectivity index (χ0v) is 24.6. The second-order valence-corrected chi connectivity index (χ2v) is 11.0. The molecule has 0 bridgehead atoms. The number of rotatable bonds is 7. The Morgan fingerprint density at radius 1 is 0.978 bits per heavy atom. The van der Waals surface area contributed by atoms with Crippen molar-refractivity contribution < 1.29 is 22.3 Å². The van der Waals surface area contributed by atoms with E-state index < -0.39 is 23.1 Å². The molecule has 0 spiro atoms. The molecule has 10 nitrogen and oxygen atoms in total. The number of nitrogens with one attached hydrogen (secondary N) is 1. The van der Waals surface area contributed by atoms with Gasteiger partial charge in [0, 0.05) is 80.6 Å². The third-order valence-electron chi connectivity index (χ3n) is 8.22. The quantitative estimate of drug-likeness (QED) is 0.251. The highest BCUT2D eigenvalue weighted by Crippen LogP contribution is 2.39. The zero-order chi connectivity index (χ0) is 32.0. The first-order chi connectivity index (χ1) is 22.2. The minimum absolute atomic E-state index is 0.00377. The topological polar surface area (TPSA) is 95.0 Å². The third kappa shape index (κ3) is 5.34. The summed E-state index contributed by atoms with van der Waals surface area (Å²) in [4.78, 5) is 19.9. The zero-order valence-electron chi connectivity index (χ0n) is 24.6. The summed E-state index contributed by atoms with van der Waals surface area (Å²) >= 11 is 0. The molecule has 1 aliphatic heterocycles. The number of nitrogens with zero attached hydrogens (tertiary/aromatic N) is 7. The maximum absolute atomic E-state index is 14.4. The van der Waals surface area contributed by atoms with Crippen molar-refractivity contribution in [2.75, 3.05) is 38.2 Å². The molecule has 0 saturated carbocycles. The van der Waals surface area contributed by atoms with Crippen molar-refractivity contribution in [1.82, 2.24) is 34.4 Å². The van der Waals surface area contributed by atoms with Crippen LogP contribution in [0, 0.1) is 5.82 Å². The van der Waals surface area contributed by atoms with Gasteiger partial charge in [-0.3, -0.25) is 4.79 Å². The molecular weight excluding hydrogens is 604 g/mol. The van der Waals surface area contributed by atoms with Gasteiger partial charge in [-0.25, -0.2) is 14.1 Å². The molecule has 5 heterocycles. The largest absolute Gasteiger partial charge is 0.481 e. The van der Waals surface area contributed by atoms with Crippen LogP contribution in [0.4, 0.5) is 23.2 Å². The average molecular weight is 633 g/mol. The molecular formula is C32H28F4N8O2. The van der Waals surface area contributed by atoms with E-state index in [0.29, 0.717) is 49.5 Å². The molecule has 2 aromatic carbocycles. The average Bonchev–Trinajstić information content (AvgIpc) is 3.71. The van der Waals surface area contributed by atoms with Crippen LogP contribution < -0.4 is 20.5 Å². The third-order valence-corrected chi connectivity index (χ3v) is 8.22. The summed E-state index contributed by atoms with van der Waals surface area (Å²) in [7, 11) is 1.52. The van der Waals surface area contributed by atoms with Crippen molar-refractivity contribution in [3.05, 3.63) is 94.9 Å². The van der Waals surface area contributed by atoms with Crippen LogP contribution in [-0.2, 0) is 19.3 Å². The lowest BCUT2D eigenvalue weighted by Crippen LogP contribution is -2.44. The fourth-order valence-electron chi connectivity index (χ4n) is 5.95. The number of halogens is 4. The first kappa shape index (κ1) is 29.5. The number of aromatic nitrogens is 6. The molecule has 0 radical (unpaired) electrons. The van der Waals surface area contributed by atoms with Crippen LogP contribution in [0.5, 0.6) is 5.88 Å². The summed E-state index contributed by atoms with van der Waals surface area (Å²) in [5, 5.41) is 12.1. The van der Waals surface area contributed by atoms with Crippen molar-refractivity contribution in [2.45, 2.75) is 19.3 Å². The Kier molecular flexibility index (Phi) is 7.43. The van der Waals surface area contributed by atoms with Crippen molar-refractivity contribution >= 4 is 27.6 Å². The first-order valence-electron chi connectivity index (χ1n) is 14.6. The molecule has 0 aliphatic carbocycles. The van der Waals surface area contributed by atoms with Crippen molar-refractivity contribution in [2.24, 2.45) is 0 Å². The standard InChI is InChI=1S/C32H28F4N8O2/c1-46-28-7-3-21(18-38-28)20-2-5-26-24(16-20)30-29(31(45)43(26)15-14-41-11-8-22(33)19-41)39-40-44(30)23-4-6-27(25(17-23)32(34,35)36)42-12-9-37-10-13-42/h2-8,11,16-19,37H,9-10,12-15H2,1H3. The van der Waals surface area contributed by atoms with Gasteiger partial charge in [-0.1, -0.05) is 11.3 Å². The summed E-state index contributed by atoms with van der Waals surface area (Å²) in [6.07, 6.45) is -0.0742. The number of aryl methyl sites for hydroxylation is 2. The minimum atomic E-state index is -4.63. The minimum Gasteiger partial charge on any atom is -0.481 e. The lowest BCUT2D eigenvalue weighted by molar-refractivity contribution is -0.137. The molecule has 0 unspecified atom stereocenters. The molecule has 46 heavy (non-hydrogen) atoms. The number of methoxy groups -OCH3 is 1. The molecule has 1 aliphatic rings. The van der Waals surface area contributed by atoms with Crippen LogP contribution >= 0.6 is 0 Å². The Bertz CT molecular complexity index is 2110. The van der Waals surface area contributed by atoms with Gasteiger partial charge < -0.3 is 24.1 Å². The highest BCUT2D eigenvalue weighted by atomic mass is 19.4. The summed E-state index contributed by atoms with van der Waals surface area (Å²) in [6, 6.07) is 14.4. The SMILES string of the molecule is COc1ccc(-c2ccc3c(c2)c2c(nnn2-c2ccc(N4CCNCC4)c(C(F)(F)F)c2)c(=O)n3CCn2ccc(F)c2)cn1. The van der Waals surface area contributed by atoms with Gasteiger partial charge in [0.2, 0.25) is 5.88 Å². The number of alkyl halides is 3. The van der Waals surface area contributed by atoms with Crippen LogP contribution in [0.2, 0.25) is 0 Å². The highest BCUT2D eigenvalue weighted by Gasteiger charge is 2.36. The fraction of sp³-hybridized carbons (Fsp3) is 0.250. The van der Waals surface area contributed by atoms with Gasteiger partial charge in [0.05, 0.1) is 23.9 Å². The van der Waals surface area contributed by atoms with Gasteiger partial charge in [0.25, 0.3) is 5.56 Å². The summed E-state index contributed by atoms with van der Waals surface area (Å²) in [6.45, 7) is 2.53. The van der Waals surface area contributed by atoms with E-state index in [0.717, 1.165) is 17.2 Å². The molecule has 0 amide bonds. The molecule has 14 heteroatoms. The number of pyridine rings is 2. The second kappa shape index (κ2) is 11.6. The van der Waals surface area contributed by atoms with Crippen LogP contribution in [0.15, 0.2) is 78.0 Å². The van der Waals surface area contributed by atoms with E-state index in [1.165, 1.54) is 34.7 Å². The molecule has 1 saturated heterocycles. The molecule has 0 atom stereocenters. The Hall–Kier alpha value is -5.24. The predicted octanol–water partition coefficient (Wildman–Crippen LogP) is 4.88. The number of fused-ring (bicyclic) bond motifs is 3. The highest BCUT2D eigenvalue weighted by molar-refractivity contribution is 6.04. The van der Waals surface area contributed by atoms with Gasteiger partial charge in [0.1, 0.15) is 11.3 Å². The smallest absolute Gasteiger partial charge is 0.418 e. The molecule has 236 valence electrons. The Morgan fingerprint density at radius 3 is 2.48 bits per heavy atom. The van der Waals surface area contributed by atoms with Crippen LogP contribution in [0.1, 0.15) is 5.56 Å². The van der Waals surface area contributed by atoms with Gasteiger partial charge in [-0.2, -0.15) is 13.2 Å². The van der Waals surface area contributed by atoms with Crippen molar-refractivity contribution in [3.63, 3.8) is 0 Å². The normalized spacial score (nSPS) is 14.0. The number of ether oxygens (including phenoxy) is 1. The Morgan fingerprint density at radius 2 is 1.78 bits per heavy atom. The molecule has 1 fully saturated rings. The van der Waals surface area contributed by atoms with E-state index in [4.69, 9.17) is 4.74 Å². The monoisotopic (exact) mass is 632 g/mol. The number of hydrogen-bond donors (Lipinski definition) is 1. The predicted molar refractivity (Wildman–Crippen MR) is 165 cm³/mol. The summed E-state index contributed by atoms with van der Waals surface area (Å²) < 4.78 is 66.6. The molecule has 6 aromatic rings. The van der Waals surface area contributed by atoms with E-state index in [-0.39, 0.29) is 29.0 Å². The number of piperazine rings is 1. The number of anilines is 1. The summed E-state index contributed by atoms with van der Waals surface area (Å²) in [5.74, 6) is 0.0452. The molecule has 4 aromatic heterocycles. The van der Waals surface area contributed by atoms with E-state index >= 15 is 0 Å². The lowest BCUT2D eigenvalue weighted by Gasteiger charge is -2.31. The van der Waals surface area contributed by atoms with Gasteiger partial charge in [0.15, 0.2) is 5.52 Å². The number of benzene rings is 2. The van der Waals surface area contributed by atoms with Crippen LogP contribution in [0.3, 0.4) is 0 Å². The van der Waals surface area contributed by atoms with E-state index in [2.05, 4.69) is 20.6 Å². The Balaban J connectivity index is 1.42.